The lowest BCUT2D eigenvalue weighted by Crippen LogP contribution is -2.36. The number of carboxylic acids is 1. The van der Waals surface area contributed by atoms with Crippen molar-refractivity contribution in [3.8, 4) is 0 Å². The van der Waals surface area contributed by atoms with E-state index in [1.165, 1.54) is 28.7 Å². The van der Waals surface area contributed by atoms with E-state index in [0.717, 1.165) is 32.2 Å². The number of aryl methyl sites for hydroxylation is 2. The highest BCUT2D eigenvalue weighted by Crippen LogP contribution is 2.48. The average Bonchev–Trinajstić information content (AvgIpc) is 3.54. The smallest absolute Gasteiger partial charge is 0.307 e. The zero-order valence-corrected chi connectivity index (χ0v) is 20.9. The first-order valence-electron chi connectivity index (χ1n) is 11.4. The SMILES string of the molecule is Cc1ccc(NC(=O)CSc2nc3ccc(NC(=O)[C@@H]4[C@@H](C(=O)O)[C@H]5C=C[C@H]4C5)cc3s2)cc1C. The van der Waals surface area contributed by atoms with Crippen molar-refractivity contribution in [1.29, 1.82) is 0 Å². The summed E-state index contributed by atoms with van der Waals surface area (Å²) < 4.78 is 1.66. The Labute approximate surface area is 211 Å². The lowest BCUT2D eigenvalue weighted by molar-refractivity contribution is -0.146. The van der Waals surface area contributed by atoms with Gasteiger partial charge in [0.2, 0.25) is 11.8 Å². The van der Waals surface area contributed by atoms with E-state index in [4.69, 9.17) is 0 Å². The molecule has 2 aliphatic carbocycles. The van der Waals surface area contributed by atoms with Gasteiger partial charge in [-0.2, -0.15) is 0 Å². The third-order valence-corrected chi connectivity index (χ3v) is 8.96. The quantitative estimate of drug-likeness (QED) is 0.303. The second-order valence-corrected chi connectivity index (χ2v) is 11.4. The van der Waals surface area contributed by atoms with Gasteiger partial charge in [-0.15, -0.1) is 11.3 Å². The standard InChI is InChI=1S/C26H25N3O4S2/c1-13-3-6-17(9-14(13)2)27-21(30)12-34-26-29-19-8-7-18(11-20(19)35-26)28-24(31)22-15-4-5-16(10-15)23(22)25(32)33/h3-9,11,15-16,22-23H,10,12H2,1-2H3,(H,27,30)(H,28,31)(H,32,33)/t15-,16-,22-,23-/m0/s1. The lowest BCUT2D eigenvalue weighted by Gasteiger charge is -2.23. The number of nitrogens with one attached hydrogen (secondary N) is 2. The molecule has 2 aliphatic rings. The van der Waals surface area contributed by atoms with Gasteiger partial charge in [-0.25, -0.2) is 4.98 Å². The van der Waals surface area contributed by atoms with Crippen LogP contribution in [0.5, 0.6) is 0 Å². The van der Waals surface area contributed by atoms with E-state index < -0.39 is 17.8 Å². The van der Waals surface area contributed by atoms with Crippen molar-refractivity contribution < 1.29 is 19.5 Å². The Bertz CT molecular complexity index is 1370. The number of anilines is 2. The van der Waals surface area contributed by atoms with Crippen LogP contribution in [0.3, 0.4) is 0 Å². The van der Waals surface area contributed by atoms with Crippen molar-refractivity contribution >= 4 is 62.5 Å². The molecule has 3 aromatic rings. The van der Waals surface area contributed by atoms with Crippen LogP contribution < -0.4 is 10.6 Å². The van der Waals surface area contributed by atoms with Crippen LogP contribution in [0.1, 0.15) is 17.5 Å². The van der Waals surface area contributed by atoms with E-state index in [1.807, 2.05) is 56.3 Å². The third-order valence-electron chi connectivity index (χ3n) is 6.80. The molecule has 0 aliphatic heterocycles. The normalized spacial score (nSPS) is 22.5. The van der Waals surface area contributed by atoms with Crippen LogP contribution in [0.25, 0.3) is 10.2 Å². The molecule has 2 bridgehead atoms. The molecule has 180 valence electrons. The van der Waals surface area contributed by atoms with Crippen molar-refractivity contribution in [3.63, 3.8) is 0 Å². The molecule has 3 N–H and O–H groups in total. The molecule has 2 amide bonds. The van der Waals surface area contributed by atoms with Crippen LogP contribution in [0, 0.1) is 37.5 Å². The molecule has 5 rings (SSSR count). The Morgan fingerprint density at radius 1 is 1.00 bits per heavy atom. The molecule has 0 unspecified atom stereocenters. The van der Waals surface area contributed by atoms with Crippen molar-refractivity contribution in [2.75, 3.05) is 16.4 Å². The summed E-state index contributed by atoms with van der Waals surface area (Å²) in [6.07, 6.45) is 4.62. The van der Waals surface area contributed by atoms with Crippen LogP contribution in [-0.4, -0.2) is 33.6 Å². The number of carboxylic acid groups (broad SMARTS) is 1. The van der Waals surface area contributed by atoms with Crippen LogP contribution in [0.4, 0.5) is 11.4 Å². The number of thiazole rings is 1. The lowest BCUT2D eigenvalue weighted by atomic mass is 9.82. The van der Waals surface area contributed by atoms with Crippen molar-refractivity contribution in [3.05, 3.63) is 59.7 Å². The van der Waals surface area contributed by atoms with Crippen molar-refractivity contribution in [2.24, 2.45) is 23.7 Å². The summed E-state index contributed by atoms with van der Waals surface area (Å²) in [5.74, 6) is -2.34. The number of amides is 2. The first-order valence-corrected chi connectivity index (χ1v) is 13.2. The first-order chi connectivity index (χ1) is 16.8. The van der Waals surface area contributed by atoms with Gasteiger partial charge in [0.1, 0.15) is 0 Å². The summed E-state index contributed by atoms with van der Waals surface area (Å²) in [4.78, 5) is 41.6. The molecule has 35 heavy (non-hydrogen) atoms. The second kappa shape index (κ2) is 9.47. The number of nitrogens with zero attached hydrogens (tertiary/aromatic N) is 1. The highest BCUT2D eigenvalue weighted by molar-refractivity contribution is 8.01. The summed E-state index contributed by atoms with van der Waals surface area (Å²) >= 11 is 2.82. The number of hydrogen-bond acceptors (Lipinski definition) is 6. The number of aliphatic carboxylic acids is 1. The number of thioether (sulfide) groups is 1. The zero-order chi connectivity index (χ0) is 24.7. The summed E-state index contributed by atoms with van der Waals surface area (Å²) in [5, 5.41) is 15.4. The van der Waals surface area contributed by atoms with Crippen LogP contribution in [0.15, 0.2) is 52.9 Å². The molecule has 1 saturated carbocycles. The minimum atomic E-state index is -0.914. The number of fused-ring (bicyclic) bond motifs is 3. The molecular weight excluding hydrogens is 482 g/mol. The maximum Gasteiger partial charge on any atom is 0.307 e. The van der Waals surface area contributed by atoms with Crippen LogP contribution in [-0.2, 0) is 14.4 Å². The summed E-state index contributed by atoms with van der Waals surface area (Å²) in [6.45, 7) is 4.04. The number of benzene rings is 2. The number of carbonyl (C=O) groups is 3. The molecule has 1 aromatic heterocycles. The van der Waals surface area contributed by atoms with Gasteiger partial charge in [0.05, 0.1) is 27.8 Å². The zero-order valence-electron chi connectivity index (χ0n) is 19.3. The third kappa shape index (κ3) is 4.83. The molecule has 9 heteroatoms. The molecule has 0 radical (unpaired) electrons. The number of carbonyl (C=O) groups excluding carboxylic acids is 2. The van der Waals surface area contributed by atoms with Gasteiger partial charge < -0.3 is 15.7 Å². The van der Waals surface area contributed by atoms with E-state index in [1.54, 1.807) is 6.07 Å². The number of hydrogen-bond donors (Lipinski definition) is 3. The largest absolute Gasteiger partial charge is 0.481 e. The molecule has 7 nitrogen and oxygen atoms in total. The first kappa shape index (κ1) is 23.6. The highest BCUT2D eigenvalue weighted by Gasteiger charge is 2.51. The summed E-state index contributed by atoms with van der Waals surface area (Å²) in [7, 11) is 0. The predicted molar refractivity (Wildman–Crippen MR) is 139 cm³/mol. The van der Waals surface area contributed by atoms with Gasteiger partial charge in [0.25, 0.3) is 0 Å². The van der Waals surface area contributed by atoms with Crippen molar-refractivity contribution in [1.82, 2.24) is 4.98 Å². The molecule has 1 heterocycles. The fourth-order valence-electron chi connectivity index (χ4n) is 4.93. The monoisotopic (exact) mass is 507 g/mol. The average molecular weight is 508 g/mol. The topological polar surface area (TPSA) is 108 Å². The van der Waals surface area contributed by atoms with Gasteiger partial charge >= 0.3 is 5.97 Å². The maximum atomic E-state index is 13.0. The molecule has 0 spiro atoms. The molecule has 1 fully saturated rings. The van der Waals surface area contributed by atoms with Gasteiger partial charge in [-0.1, -0.05) is 30.0 Å². The fraction of sp³-hybridized carbons (Fsp3) is 0.308. The summed E-state index contributed by atoms with van der Waals surface area (Å²) in [6, 6.07) is 11.3. The molecular formula is C26H25N3O4S2. The van der Waals surface area contributed by atoms with Gasteiger partial charge in [-0.3, -0.25) is 14.4 Å². The number of aromatic nitrogens is 1. The van der Waals surface area contributed by atoms with E-state index in [2.05, 4.69) is 15.6 Å². The fourth-order valence-corrected chi connectivity index (χ4v) is 6.84. The van der Waals surface area contributed by atoms with E-state index in [-0.39, 0.29) is 29.4 Å². The molecule has 2 aromatic carbocycles. The Hall–Kier alpha value is -3.17. The Kier molecular flexibility index (Phi) is 6.37. The minimum absolute atomic E-state index is 0.0220. The Morgan fingerprint density at radius 3 is 2.46 bits per heavy atom. The van der Waals surface area contributed by atoms with Gasteiger partial charge in [0, 0.05) is 11.4 Å². The van der Waals surface area contributed by atoms with Gasteiger partial charge in [-0.05, 0) is 73.6 Å². The van der Waals surface area contributed by atoms with E-state index in [0.29, 0.717) is 5.69 Å². The van der Waals surface area contributed by atoms with E-state index >= 15 is 0 Å². The van der Waals surface area contributed by atoms with Gasteiger partial charge in [0.15, 0.2) is 4.34 Å². The van der Waals surface area contributed by atoms with Crippen molar-refractivity contribution in [2.45, 2.75) is 24.6 Å². The Balaban J connectivity index is 1.22. The molecule has 4 atom stereocenters. The number of allylic oxidation sites excluding steroid dienone is 2. The highest BCUT2D eigenvalue weighted by atomic mass is 32.2. The van der Waals surface area contributed by atoms with Crippen LogP contribution >= 0.6 is 23.1 Å². The summed E-state index contributed by atoms with van der Waals surface area (Å²) in [5.41, 5.74) is 4.48. The van der Waals surface area contributed by atoms with Crippen LogP contribution in [0.2, 0.25) is 0 Å². The maximum absolute atomic E-state index is 13.0. The van der Waals surface area contributed by atoms with E-state index in [9.17, 15) is 19.5 Å². The second-order valence-electron chi connectivity index (χ2n) is 9.13. The predicted octanol–water partition coefficient (Wildman–Crippen LogP) is 5.11. The Morgan fingerprint density at radius 2 is 1.71 bits per heavy atom. The number of rotatable bonds is 7. The minimum Gasteiger partial charge on any atom is -0.481 e. The molecule has 0 saturated heterocycles.